The molecule has 1 rings (SSSR count). The Bertz CT molecular complexity index is 378. The van der Waals surface area contributed by atoms with Crippen LogP contribution in [0.4, 0.5) is 0 Å². The maximum absolute atomic E-state index is 11.4. The summed E-state index contributed by atoms with van der Waals surface area (Å²) < 4.78 is 4.63. The van der Waals surface area contributed by atoms with Gasteiger partial charge in [-0.3, -0.25) is 4.79 Å². The molecule has 19 heavy (non-hydrogen) atoms. The quantitative estimate of drug-likeness (QED) is 0.795. The van der Waals surface area contributed by atoms with Gasteiger partial charge in [0.15, 0.2) is 0 Å². The van der Waals surface area contributed by atoms with Crippen LogP contribution in [0.1, 0.15) is 19.4 Å². The number of rotatable bonds is 4. The highest BCUT2D eigenvalue weighted by atomic mass is 16.5. The van der Waals surface area contributed by atoms with Crippen LogP contribution in [0.5, 0.6) is 0 Å². The van der Waals surface area contributed by atoms with Gasteiger partial charge in [0, 0.05) is 20.0 Å². The molecule has 0 bridgehead atoms. The average Bonchev–Trinajstić information content (AvgIpc) is 2.38. The number of nitrogens with one attached hydrogen (secondary N) is 1. The Balaban J connectivity index is 0.000000982. The summed E-state index contributed by atoms with van der Waals surface area (Å²) in [6, 6.07) is 8.85. The second-order valence-electron chi connectivity index (χ2n) is 3.78. The van der Waals surface area contributed by atoms with Crippen molar-refractivity contribution in [1.29, 1.82) is 0 Å². The largest absolute Gasteiger partial charge is 0.467 e. The summed E-state index contributed by atoms with van der Waals surface area (Å²) in [7, 11) is 1.31. The topological polar surface area (TPSA) is 75.6 Å². The number of benzene rings is 1. The molecule has 0 saturated carbocycles. The minimum atomic E-state index is -0.620. The first kappa shape index (κ1) is 17.1. The van der Waals surface area contributed by atoms with Gasteiger partial charge >= 0.3 is 5.97 Å². The third-order valence-corrected chi connectivity index (χ3v) is 2.15. The Morgan fingerprint density at radius 3 is 2.26 bits per heavy atom. The lowest BCUT2D eigenvalue weighted by Crippen LogP contribution is -2.41. The van der Waals surface area contributed by atoms with Crippen molar-refractivity contribution in [2.75, 3.05) is 13.7 Å². The fourth-order valence-corrected chi connectivity index (χ4v) is 1.43. The number of aliphatic hydroxyl groups is 1. The number of amides is 1. The van der Waals surface area contributed by atoms with Crippen molar-refractivity contribution in [3.63, 3.8) is 0 Å². The lowest BCUT2D eigenvalue weighted by Gasteiger charge is -2.15. The fourth-order valence-electron chi connectivity index (χ4n) is 1.43. The highest BCUT2D eigenvalue weighted by Crippen LogP contribution is 2.04. The van der Waals surface area contributed by atoms with Crippen LogP contribution >= 0.6 is 0 Å². The monoisotopic (exact) mass is 267 g/mol. The summed E-state index contributed by atoms with van der Waals surface area (Å²) in [6.45, 7) is 3.31. The van der Waals surface area contributed by atoms with Gasteiger partial charge in [-0.2, -0.15) is 0 Å². The summed E-state index contributed by atoms with van der Waals surface area (Å²) >= 11 is 0. The Labute approximate surface area is 113 Å². The molecule has 1 atom stereocenters. The summed E-state index contributed by atoms with van der Waals surface area (Å²) in [4.78, 5) is 22.4. The van der Waals surface area contributed by atoms with Crippen molar-refractivity contribution in [3.8, 4) is 0 Å². The molecule has 0 aliphatic carbocycles. The Morgan fingerprint density at radius 1 is 1.32 bits per heavy atom. The molecule has 0 spiro atoms. The molecule has 0 saturated heterocycles. The predicted octanol–water partition coefficient (Wildman–Crippen LogP) is 0.905. The first-order valence-electron chi connectivity index (χ1n) is 6.04. The molecule has 0 aromatic heterocycles. The molecule has 0 radical (unpaired) electrons. The number of ether oxygens (including phenoxy) is 1. The van der Waals surface area contributed by atoms with Gasteiger partial charge in [-0.25, -0.2) is 4.79 Å². The first-order chi connectivity index (χ1) is 9.04. The van der Waals surface area contributed by atoms with Crippen molar-refractivity contribution in [2.24, 2.45) is 0 Å². The van der Waals surface area contributed by atoms with Crippen LogP contribution in [0.25, 0.3) is 0 Å². The lowest BCUT2D eigenvalue weighted by molar-refractivity contribution is -0.144. The summed E-state index contributed by atoms with van der Waals surface area (Å²) in [5.41, 5.74) is 0.978. The van der Waals surface area contributed by atoms with Gasteiger partial charge in [-0.15, -0.1) is 0 Å². The molecule has 1 unspecified atom stereocenters. The molecule has 2 N–H and O–H groups in total. The van der Waals surface area contributed by atoms with Crippen molar-refractivity contribution in [2.45, 2.75) is 26.3 Å². The van der Waals surface area contributed by atoms with E-state index in [0.717, 1.165) is 5.56 Å². The minimum absolute atomic E-state index is 0.244. The van der Waals surface area contributed by atoms with Gasteiger partial charge in [0.05, 0.1) is 7.11 Å². The number of aliphatic hydroxyl groups excluding tert-OH is 1. The zero-order valence-corrected chi connectivity index (χ0v) is 11.6. The van der Waals surface area contributed by atoms with E-state index in [2.05, 4.69) is 10.1 Å². The Hall–Kier alpha value is -1.88. The second-order valence-corrected chi connectivity index (χ2v) is 3.78. The smallest absolute Gasteiger partial charge is 0.328 e. The van der Waals surface area contributed by atoms with E-state index in [9.17, 15) is 9.59 Å². The van der Waals surface area contributed by atoms with Crippen LogP contribution in [0.3, 0.4) is 0 Å². The minimum Gasteiger partial charge on any atom is -0.467 e. The SMILES string of the molecule is CCO.COC(=O)C(Cc1ccccc1)NC(C)=O. The molecule has 0 aliphatic rings. The van der Waals surface area contributed by atoms with E-state index in [0.29, 0.717) is 6.42 Å². The highest BCUT2D eigenvalue weighted by molar-refractivity contribution is 5.83. The van der Waals surface area contributed by atoms with Gasteiger partial charge in [0.2, 0.25) is 5.91 Å². The fraction of sp³-hybridized carbons (Fsp3) is 0.429. The molecule has 0 fully saturated rings. The molecule has 1 amide bonds. The number of methoxy groups -OCH3 is 1. The standard InChI is InChI=1S/C12H15NO3.C2H6O/c1-9(14)13-11(12(15)16-2)8-10-6-4-3-5-7-10;1-2-3/h3-7,11H,8H2,1-2H3,(H,13,14);3H,2H2,1H3. The van der Waals surface area contributed by atoms with Gasteiger partial charge in [-0.05, 0) is 12.5 Å². The highest BCUT2D eigenvalue weighted by Gasteiger charge is 2.20. The number of esters is 1. The summed E-state index contributed by atoms with van der Waals surface area (Å²) in [5, 5.41) is 10.1. The molecule has 5 heteroatoms. The van der Waals surface area contributed by atoms with E-state index in [1.165, 1.54) is 14.0 Å². The molecule has 0 aliphatic heterocycles. The zero-order chi connectivity index (χ0) is 14.7. The van der Waals surface area contributed by atoms with E-state index in [1.54, 1.807) is 6.92 Å². The zero-order valence-electron chi connectivity index (χ0n) is 11.6. The Morgan fingerprint density at radius 2 is 1.84 bits per heavy atom. The molecule has 1 aromatic carbocycles. The maximum Gasteiger partial charge on any atom is 0.328 e. The number of hydrogen-bond donors (Lipinski definition) is 2. The average molecular weight is 267 g/mol. The Kier molecular flexibility index (Phi) is 9.08. The van der Waals surface area contributed by atoms with Crippen molar-refractivity contribution >= 4 is 11.9 Å². The number of carbonyl (C=O) groups excluding carboxylic acids is 2. The van der Waals surface area contributed by atoms with E-state index in [-0.39, 0.29) is 12.5 Å². The first-order valence-corrected chi connectivity index (χ1v) is 6.04. The molecule has 5 nitrogen and oxygen atoms in total. The van der Waals surface area contributed by atoms with Crippen LogP contribution in [-0.2, 0) is 20.7 Å². The van der Waals surface area contributed by atoms with Crippen LogP contribution in [0, 0.1) is 0 Å². The summed E-state index contributed by atoms with van der Waals surface area (Å²) in [5.74, 6) is -0.676. The molecular formula is C14H21NO4. The van der Waals surface area contributed by atoms with Crippen molar-refractivity contribution < 1.29 is 19.4 Å². The normalized spacial score (nSPS) is 10.7. The lowest BCUT2D eigenvalue weighted by atomic mass is 10.1. The van der Waals surface area contributed by atoms with E-state index in [1.807, 2.05) is 30.3 Å². The van der Waals surface area contributed by atoms with Crippen molar-refractivity contribution in [3.05, 3.63) is 35.9 Å². The van der Waals surface area contributed by atoms with Crippen LogP contribution in [0.2, 0.25) is 0 Å². The van der Waals surface area contributed by atoms with Crippen LogP contribution in [-0.4, -0.2) is 36.7 Å². The third kappa shape index (κ3) is 7.94. The number of hydrogen-bond acceptors (Lipinski definition) is 4. The molecule has 106 valence electrons. The van der Waals surface area contributed by atoms with Gasteiger partial charge < -0.3 is 15.2 Å². The predicted molar refractivity (Wildman–Crippen MR) is 72.5 cm³/mol. The van der Waals surface area contributed by atoms with Crippen LogP contribution in [0.15, 0.2) is 30.3 Å². The van der Waals surface area contributed by atoms with E-state index < -0.39 is 12.0 Å². The van der Waals surface area contributed by atoms with Crippen molar-refractivity contribution in [1.82, 2.24) is 5.32 Å². The molecular weight excluding hydrogens is 246 g/mol. The van der Waals surface area contributed by atoms with Crippen LogP contribution < -0.4 is 5.32 Å². The molecule has 1 aromatic rings. The van der Waals surface area contributed by atoms with Gasteiger partial charge in [0.25, 0.3) is 0 Å². The third-order valence-electron chi connectivity index (χ3n) is 2.15. The summed E-state index contributed by atoms with van der Waals surface area (Å²) in [6.07, 6.45) is 0.438. The maximum atomic E-state index is 11.4. The van der Waals surface area contributed by atoms with E-state index in [4.69, 9.17) is 5.11 Å². The number of carbonyl (C=O) groups is 2. The van der Waals surface area contributed by atoms with Gasteiger partial charge in [-0.1, -0.05) is 30.3 Å². The van der Waals surface area contributed by atoms with Gasteiger partial charge in [0.1, 0.15) is 6.04 Å². The molecule has 0 heterocycles. The van der Waals surface area contributed by atoms with E-state index >= 15 is 0 Å². The second kappa shape index (κ2) is 10.1.